The van der Waals surface area contributed by atoms with Crippen molar-refractivity contribution in [3.05, 3.63) is 34.2 Å². The number of thiazole rings is 1. The summed E-state index contributed by atoms with van der Waals surface area (Å²) in [5, 5.41) is 3.14. The van der Waals surface area contributed by atoms with E-state index in [2.05, 4.69) is 28.6 Å². The van der Waals surface area contributed by atoms with Gasteiger partial charge in [0.2, 0.25) is 11.8 Å². The van der Waals surface area contributed by atoms with E-state index in [1.807, 2.05) is 16.7 Å². The van der Waals surface area contributed by atoms with E-state index < -0.39 is 0 Å². The number of rotatable bonds is 3. The summed E-state index contributed by atoms with van der Waals surface area (Å²) in [6.45, 7) is 3.33. The van der Waals surface area contributed by atoms with Crippen LogP contribution in [0.25, 0.3) is 11.3 Å². The Balaban J connectivity index is 1.33. The number of carbonyl (C=O) groups is 2. The van der Waals surface area contributed by atoms with Crippen LogP contribution in [0, 0.1) is 12.8 Å². The van der Waals surface area contributed by atoms with Gasteiger partial charge in [-0.15, -0.1) is 11.3 Å². The Labute approximate surface area is 169 Å². The number of hydrogen-bond acceptors (Lipinski definition) is 4. The summed E-state index contributed by atoms with van der Waals surface area (Å²) in [5.41, 5.74) is 4.32. The summed E-state index contributed by atoms with van der Waals surface area (Å²) >= 11 is 1.65. The molecule has 1 saturated carbocycles. The molecule has 3 aliphatic rings. The third-order valence-electron chi connectivity index (χ3n) is 6.43. The average Bonchev–Trinajstić information content (AvgIpc) is 3.47. The van der Waals surface area contributed by atoms with Crippen LogP contribution in [-0.2, 0) is 16.0 Å². The van der Waals surface area contributed by atoms with E-state index in [1.165, 1.54) is 18.4 Å². The van der Waals surface area contributed by atoms with Gasteiger partial charge in [0, 0.05) is 42.2 Å². The molecule has 5 nitrogen and oxygen atoms in total. The predicted octanol–water partition coefficient (Wildman–Crippen LogP) is 3.80. The Morgan fingerprint density at radius 1 is 1.25 bits per heavy atom. The van der Waals surface area contributed by atoms with E-state index >= 15 is 0 Å². The Hall–Kier alpha value is -2.21. The molecule has 2 aliphatic heterocycles. The lowest BCUT2D eigenvalue weighted by Crippen LogP contribution is -2.38. The summed E-state index contributed by atoms with van der Waals surface area (Å²) in [7, 11) is 0. The second kappa shape index (κ2) is 6.99. The minimum absolute atomic E-state index is 0.116. The molecule has 2 aromatic rings. The molecule has 5 rings (SSSR count). The van der Waals surface area contributed by atoms with Crippen molar-refractivity contribution in [1.29, 1.82) is 0 Å². The van der Waals surface area contributed by atoms with Crippen LogP contribution in [0.1, 0.15) is 42.7 Å². The normalized spacial score (nSPS) is 22.3. The molecule has 2 amide bonds. The molecule has 0 radical (unpaired) electrons. The number of amides is 2. The van der Waals surface area contributed by atoms with Crippen LogP contribution < -0.4 is 4.90 Å². The number of aromatic nitrogens is 1. The van der Waals surface area contributed by atoms with Gasteiger partial charge in [-0.2, -0.15) is 0 Å². The highest BCUT2D eigenvalue weighted by atomic mass is 32.1. The van der Waals surface area contributed by atoms with Gasteiger partial charge in [0.25, 0.3) is 0 Å². The van der Waals surface area contributed by atoms with E-state index in [4.69, 9.17) is 0 Å². The van der Waals surface area contributed by atoms with Crippen molar-refractivity contribution in [2.45, 2.75) is 51.5 Å². The first-order chi connectivity index (χ1) is 13.6. The SMILES string of the molecule is Cc1nc(-c2ccc3c(c2)CCN3C(=O)[C@H]2CC(=O)N(C3CCCC3)C2)cs1. The second-order valence-corrected chi connectivity index (χ2v) is 9.28. The monoisotopic (exact) mass is 395 g/mol. The lowest BCUT2D eigenvalue weighted by atomic mass is 10.1. The van der Waals surface area contributed by atoms with Crippen molar-refractivity contribution < 1.29 is 9.59 Å². The number of hydrogen-bond donors (Lipinski definition) is 0. The summed E-state index contributed by atoms with van der Waals surface area (Å²) in [6.07, 6.45) is 5.83. The summed E-state index contributed by atoms with van der Waals surface area (Å²) in [5.74, 6) is 0.0867. The Morgan fingerprint density at radius 3 is 2.82 bits per heavy atom. The molecule has 28 heavy (non-hydrogen) atoms. The first kappa shape index (κ1) is 17.9. The molecule has 1 aliphatic carbocycles. The highest BCUT2D eigenvalue weighted by molar-refractivity contribution is 7.09. The number of anilines is 1. The molecule has 0 unspecified atom stereocenters. The zero-order chi connectivity index (χ0) is 19.3. The maximum atomic E-state index is 13.2. The molecule has 0 bridgehead atoms. The maximum absolute atomic E-state index is 13.2. The zero-order valence-electron chi connectivity index (χ0n) is 16.2. The van der Waals surface area contributed by atoms with Crippen molar-refractivity contribution in [3.8, 4) is 11.3 Å². The lowest BCUT2D eigenvalue weighted by molar-refractivity contribution is -0.130. The fourth-order valence-electron chi connectivity index (χ4n) is 4.97. The molecular formula is C22H25N3O2S. The smallest absolute Gasteiger partial charge is 0.232 e. The maximum Gasteiger partial charge on any atom is 0.232 e. The number of likely N-dealkylation sites (tertiary alicyclic amines) is 1. The van der Waals surface area contributed by atoms with Crippen LogP contribution in [0.4, 0.5) is 5.69 Å². The molecule has 1 aromatic heterocycles. The van der Waals surface area contributed by atoms with Gasteiger partial charge in [0.1, 0.15) is 0 Å². The van der Waals surface area contributed by atoms with Gasteiger partial charge in [-0.05, 0) is 43.9 Å². The Kier molecular flexibility index (Phi) is 4.46. The van der Waals surface area contributed by atoms with Gasteiger partial charge in [-0.1, -0.05) is 18.9 Å². The van der Waals surface area contributed by atoms with E-state index in [9.17, 15) is 9.59 Å². The van der Waals surface area contributed by atoms with E-state index in [0.717, 1.165) is 41.2 Å². The van der Waals surface area contributed by atoms with Crippen molar-refractivity contribution in [3.63, 3.8) is 0 Å². The van der Waals surface area contributed by atoms with Gasteiger partial charge in [0.15, 0.2) is 0 Å². The minimum Gasteiger partial charge on any atom is -0.339 e. The number of nitrogens with zero attached hydrogens (tertiary/aromatic N) is 3. The third-order valence-corrected chi connectivity index (χ3v) is 7.20. The fraction of sp³-hybridized carbons (Fsp3) is 0.500. The molecule has 146 valence electrons. The minimum atomic E-state index is -0.195. The largest absolute Gasteiger partial charge is 0.339 e. The standard InChI is InChI=1S/C22H25N3O2S/c1-14-23-19(13-28-14)15-6-7-20-16(10-15)8-9-24(20)22(27)17-11-21(26)25(12-17)18-4-2-3-5-18/h6-7,10,13,17-18H,2-5,8-9,11-12H2,1H3/t17-/m0/s1. The first-order valence-electron chi connectivity index (χ1n) is 10.3. The quantitative estimate of drug-likeness (QED) is 0.794. The van der Waals surface area contributed by atoms with Crippen molar-refractivity contribution in [2.75, 3.05) is 18.0 Å². The van der Waals surface area contributed by atoms with Crippen molar-refractivity contribution in [1.82, 2.24) is 9.88 Å². The molecule has 2 fully saturated rings. The van der Waals surface area contributed by atoms with Gasteiger partial charge in [0.05, 0.1) is 16.6 Å². The molecule has 1 atom stereocenters. The predicted molar refractivity (Wildman–Crippen MR) is 110 cm³/mol. The number of carbonyl (C=O) groups excluding carboxylic acids is 2. The third kappa shape index (κ3) is 3.04. The summed E-state index contributed by atoms with van der Waals surface area (Å²) < 4.78 is 0. The molecular weight excluding hydrogens is 370 g/mol. The zero-order valence-corrected chi connectivity index (χ0v) is 17.0. The van der Waals surface area contributed by atoms with E-state index in [-0.39, 0.29) is 17.7 Å². The first-order valence-corrected chi connectivity index (χ1v) is 11.1. The molecule has 1 aromatic carbocycles. The topological polar surface area (TPSA) is 53.5 Å². The van der Waals surface area contributed by atoms with Gasteiger partial charge < -0.3 is 9.80 Å². The molecule has 3 heterocycles. The van der Waals surface area contributed by atoms with Crippen LogP contribution in [0.2, 0.25) is 0 Å². The fourth-order valence-corrected chi connectivity index (χ4v) is 5.59. The molecule has 0 N–H and O–H groups in total. The number of aryl methyl sites for hydroxylation is 1. The van der Waals surface area contributed by atoms with Crippen molar-refractivity contribution in [2.24, 2.45) is 5.92 Å². The van der Waals surface area contributed by atoms with E-state index in [0.29, 0.717) is 25.6 Å². The van der Waals surface area contributed by atoms with Crippen LogP contribution in [-0.4, -0.2) is 40.8 Å². The van der Waals surface area contributed by atoms with Gasteiger partial charge >= 0.3 is 0 Å². The highest BCUT2D eigenvalue weighted by Crippen LogP contribution is 2.36. The molecule has 6 heteroatoms. The number of fused-ring (bicyclic) bond motifs is 1. The molecule has 0 spiro atoms. The average molecular weight is 396 g/mol. The van der Waals surface area contributed by atoms with E-state index in [1.54, 1.807) is 11.3 Å². The number of benzene rings is 1. The summed E-state index contributed by atoms with van der Waals surface area (Å²) in [4.78, 5) is 34.2. The Morgan fingerprint density at radius 2 is 2.07 bits per heavy atom. The van der Waals surface area contributed by atoms with Gasteiger partial charge in [-0.25, -0.2) is 4.98 Å². The van der Waals surface area contributed by atoms with Crippen molar-refractivity contribution >= 4 is 28.8 Å². The lowest BCUT2D eigenvalue weighted by Gasteiger charge is -2.25. The molecule has 1 saturated heterocycles. The van der Waals surface area contributed by atoms with Crippen LogP contribution in [0.15, 0.2) is 23.6 Å². The van der Waals surface area contributed by atoms with Crippen LogP contribution >= 0.6 is 11.3 Å². The van der Waals surface area contributed by atoms with Crippen LogP contribution in [0.3, 0.4) is 0 Å². The Bertz CT molecular complexity index is 932. The van der Waals surface area contributed by atoms with Crippen LogP contribution in [0.5, 0.6) is 0 Å². The highest BCUT2D eigenvalue weighted by Gasteiger charge is 2.41. The summed E-state index contributed by atoms with van der Waals surface area (Å²) in [6, 6.07) is 6.64. The van der Waals surface area contributed by atoms with Gasteiger partial charge in [-0.3, -0.25) is 9.59 Å². The second-order valence-electron chi connectivity index (χ2n) is 8.22.